The Morgan fingerprint density at radius 3 is 2.37 bits per heavy atom. The number of carbonyl (C=O) groups is 2. The summed E-state index contributed by atoms with van der Waals surface area (Å²) in [5.41, 5.74) is 3.02. The standard InChI is InChI=1S/C25H31N3O2/c1-19-10-12-21(13-11-19)24(29)27-14-6-9-22(17-27)25(30)28-16-15-26(2)18-23(28)20-7-4-3-5-8-20/h3-5,7-8,10-13,22-23H,6,9,14-18H2,1-2H3. The van der Waals surface area contributed by atoms with Gasteiger partial charge in [-0.3, -0.25) is 9.59 Å². The summed E-state index contributed by atoms with van der Waals surface area (Å²) in [6.07, 6.45) is 1.72. The fraction of sp³-hybridized carbons (Fsp3) is 0.440. The van der Waals surface area contributed by atoms with Gasteiger partial charge in [-0.2, -0.15) is 0 Å². The number of hydrogen-bond donors (Lipinski definition) is 0. The molecular weight excluding hydrogens is 374 g/mol. The third kappa shape index (κ3) is 4.41. The molecule has 0 aliphatic carbocycles. The van der Waals surface area contributed by atoms with Gasteiger partial charge in [-0.25, -0.2) is 0 Å². The first-order valence-corrected chi connectivity index (χ1v) is 10.9. The van der Waals surface area contributed by atoms with Crippen molar-refractivity contribution in [1.82, 2.24) is 14.7 Å². The quantitative estimate of drug-likeness (QED) is 0.787. The molecule has 0 spiro atoms. The van der Waals surface area contributed by atoms with Gasteiger partial charge < -0.3 is 14.7 Å². The average molecular weight is 406 g/mol. The zero-order valence-electron chi connectivity index (χ0n) is 18.0. The summed E-state index contributed by atoms with van der Waals surface area (Å²) in [6.45, 7) is 5.71. The number of benzene rings is 2. The maximum absolute atomic E-state index is 13.6. The molecule has 2 aromatic rings. The van der Waals surface area contributed by atoms with E-state index in [4.69, 9.17) is 0 Å². The van der Waals surface area contributed by atoms with Crippen LogP contribution in [0.1, 0.15) is 40.4 Å². The van der Waals surface area contributed by atoms with E-state index in [1.807, 2.05) is 54.3 Å². The van der Waals surface area contributed by atoms with Crippen molar-refractivity contribution < 1.29 is 9.59 Å². The summed E-state index contributed by atoms with van der Waals surface area (Å²) in [6, 6.07) is 18.1. The molecule has 158 valence electrons. The largest absolute Gasteiger partial charge is 0.338 e. The summed E-state index contributed by atoms with van der Waals surface area (Å²) in [7, 11) is 2.11. The van der Waals surface area contributed by atoms with E-state index in [0.717, 1.165) is 44.6 Å². The van der Waals surface area contributed by atoms with Crippen LogP contribution in [0.25, 0.3) is 0 Å². The van der Waals surface area contributed by atoms with E-state index in [2.05, 4.69) is 29.0 Å². The molecule has 0 saturated carbocycles. The maximum Gasteiger partial charge on any atom is 0.253 e. The van der Waals surface area contributed by atoms with Gasteiger partial charge in [0.1, 0.15) is 0 Å². The Bertz CT molecular complexity index is 881. The number of aryl methyl sites for hydroxylation is 1. The number of hydrogen-bond acceptors (Lipinski definition) is 3. The predicted octanol–water partition coefficient (Wildman–Crippen LogP) is 3.36. The number of nitrogens with zero attached hydrogens (tertiary/aromatic N) is 3. The third-order valence-corrected chi connectivity index (χ3v) is 6.41. The first kappa shape index (κ1) is 20.6. The van der Waals surface area contributed by atoms with E-state index in [9.17, 15) is 9.59 Å². The third-order valence-electron chi connectivity index (χ3n) is 6.41. The normalized spacial score (nSPS) is 22.7. The minimum atomic E-state index is -0.122. The lowest BCUT2D eigenvalue weighted by atomic mass is 9.93. The Hall–Kier alpha value is -2.66. The summed E-state index contributed by atoms with van der Waals surface area (Å²) in [5.74, 6) is 0.103. The van der Waals surface area contributed by atoms with Crippen LogP contribution in [0.5, 0.6) is 0 Å². The number of likely N-dealkylation sites (N-methyl/N-ethyl adjacent to an activating group) is 1. The first-order chi connectivity index (χ1) is 14.5. The highest BCUT2D eigenvalue weighted by Crippen LogP contribution is 2.29. The molecule has 2 atom stereocenters. The molecule has 2 heterocycles. The fourth-order valence-corrected chi connectivity index (χ4v) is 4.62. The van der Waals surface area contributed by atoms with E-state index in [1.165, 1.54) is 5.56 Å². The van der Waals surface area contributed by atoms with E-state index >= 15 is 0 Å². The van der Waals surface area contributed by atoms with E-state index in [-0.39, 0.29) is 23.8 Å². The molecule has 2 aliphatic heterocycles. The predicted molar refractivity (Wildman–Crippen MR) is 118 cm³/mol. The zero-order valence-corrected chi connectivity index (χ0v) is 18.0. The van der Waals surface area contributed by atoms with Gasteiger partial charge in [0.2, 0.25) is 5.91 Å². The first-order valence-electron chi connectivity index (χ1n) is 10.9. The Morgan fingerprint density at radius 1 is 0.900 bits per heavy atom. The van der Waals surface area contributed by atoms with Crippen LogP contribution in [-0.4, -0.2) is 66.3 Å². The van der Waals surface area contributed by atoms with Crippen molar-refractivity contribution in [2.24, 2.45) is 5.92 Å². The van der Waals surface area contributed by atoms with Gasteiger partial charge in [-0.15, -0.1) is 0 Å². The van der Waals surface area contributed by atoms with Gasteiger partial charge in [-0.05, 0) is 44.5 Å². The van der Waals surface area contributed by atoms with Crippen molar-refractivity contribution in [2.75, 3.05) is 39.8 Å². The van der Waals surface area contributed by atoms with E-state index in [0.29, 0.717) is 12.1 Å². The summed E-state index contributed by atoms with van der Waals surface area (Å²) < 4.78 is 0. The molecule has 0 aromatic heterocycles. The minimum Gasteiger partial charge on any atom is -0.338 e. The van der Waals surface area contributed by atoms with Gasteiger partial charge in [0, 0.05) is 38.3 Å². The van der Waals surface area contributed by atoms with Crippen LogP contribution < -0.4 is 0 Å². The Kier molecular flexibility index (Phi) is 6.18. The molecule has 2 aromatic carbocycles. The topological polar surface area (TPSA) is 43.9 Å². The van der Waals surface area contributed by atoms with Crippen molar-refractivity contribution in [1.29, 1.82) is 0 Å². The SMILES string of the molecule is Cc1ccc(C(=O)N2CCCC(C(=O)N3CCN(C)CC3c3ccccc3)C2)cc1. The van der Waals surface area contributed by atoms with Crippen LogP contribution in [0.4, 0.5) is 0 Å². The number of carbonyl (C=O) groups excluding carboxylic acids is 2. The summed E-state index contributed by atoms with van der Waals surface area (Å²) in [4.78, 5) is 32.7. The van der Waals surface area contributed by atoms with Gasteiger partial charge >= 0.3 is 0 Å². The van der Waals surface area contributed by atoms with Crippen LogP contribution in [0.2, 0.25) is 0 Å². The number of amides is 2. The van der Waals surface area contributed by atoms with Crippen molar-refractivity contribution in [3.63, 3.8) is 0 Å². The number of piperidine rings is 1. The monoisotopic (exact) mass is 405 g/mol. The smallest absolute Gasteiger partial charge is 0.253 e. The highest BCUT2D eigenvalue weighted by Gasteiger charge is 2.36. The second kappa shape index (κ2) is 9.00. The zero-order chi connectivity index (χ0) is 21.1. The summed E-state index contributed by atoms with van der Waals surface area (Å²) in [5, 5.41) is 0. The molecule has 30 heavy (non-hydrogen) atoms. The molecule has 0 radical (unpaired) electrons. The van der Waals surface area contributed by atoms with Crippen LogP contribution in [-0.2, 0) is 4.79 Å². The second-order valence-electron chi connectivity index (χ2n) is 8.68. The highest BCUT2D eigenvalue weighted by molar-refractivity contribution is 5.94. The Labute approximate surface area is 179 Å². The number of rotatable bonds is 3. The van der Waals surface area contributed by atoms with Crippen molar-refractivity contribution in [2.45, 2.75) is 25.8 Å². The van der Waals surface area contributed by atoms with E-state index < -0.39 is 0 Å². The van der Waals surface area contributed by atoms with Crippen molar-refractivity contribution in [3.8, 4) is 0 Å². The maximum atomic E-state index is 13.6. The minimum absolute atomic E-state index is 0.0329. The molecule has 2 fully saturated rings. The van der Waals surface area contributed by atoms with Crippen LogP contribution in [0, 0.1) is 12.8 Å². The van der Waals surface area contributed by atoms with Crippen molar-refractivity contribution in [3.05, 3.63) is 71.3 Å². The molecule has 2 unspecified atom stereocenters. The summed E-state index contributed by atoms with van der Waals surface area (Å²) >= 11 is 0. The molecule has 0 N–H and O–H groups in total. The lowest BCUT2D eigenvalue weighted by Crippen LogP contribution is -2.53. The van der Waals surface area contributed by atoms with E-state index in [1.54, 1.807) is 0 Å². The number of piperazine rings is 1. The van der Waals surface area contributed by atoms with Crippen LogP contribution in [0.3, 0.4) is 0 Å². The van der Waals surface area contributed by atoms with Gasteiger partial charge in [0.05, 0.1) is 12.0 Å². The molecule has 2 aliphatic rings. The fourth-order valence-electron chi connectivity index (χ4n) is 4.62. The molecule has 2 amide bonds. The highest BCUT2D eigenvalue weighted by atomic mass is 16.2. The molecule has 5 heteroatoms. The molecule has 2 saturated heterocycles. The lowest BCUT2D eigenvalue weighted by Gasteiger charge is -2.43. The average Bonchev–Trinajstić information content (AvgIpc) is 2.79. The Morgan fingerprint density at radius 2 is 1.63 bits per heavy atom. The van der Waals surface area contributed by atoms with Crippen LogP contribution >= 0.6 is 0 Å². The Balaban J connectivity index is 1.49. The van der Waals surface area contributed by atoms with Crippen molar-refractivity contribution >= 4 is 11.8 Å². The number of likely N-dealkylation sites (tertiary alicyclic amines) is 1. The van der Waals surface area contributed by atoms with Gasteiger partial charge in [0.25, 0.3) is 5.91 Å². The second-order valence-corrected chi connectivity index (χ2v) is 8.68. The van der Waals surface area contributed by atoms with Gasteiger partial charge in [0.15, 0.2) is 0 Å². The molecule has 5 nitrogen and oxygen atoms in total. The molecular formula is C25H31N3O2. The lowest BCUT2D eigenvalue weighted by molar-refractivity contribution is -0.142. The molecule has 4 rings (SSSR count). The molecule has 0 bridgehead atoms. The van der Waals surface area contributed by atoms with Gasteiger partial charge in [-0.1, -0.05) is 48.0 Å². The van der Waals surface area contributed by atoms with Crippen LogP contribution in [0.15, 0.2) is 54.6 Å².